The lowest BCUT2D eigenvalue weighted by molar-refractivity contribution is -0.133. The summed E-state index contributed by atoms with van der Waals surface area (Å²) in [4.78, 5) is 9.98. The summed E-state index contributed by atoms with van der Waals surface area (Å²) < 4.78 is 30.4. The van der Waals surface area contributed by atoms with Crippen LogP contribution in [-0.2, 0) is 9.22 Å². The molecule has 14 heavy (non-hydrogen) atoms. The summed E-state index contributed by atoms with van der Waals surface area (Å²) in [6, 6.07) is 0. The fourth-order valence-corrected chi connectivity index (χ4v) is 1.51. The third-order valence-corrected chi connectivity index (χ3v) is 7.08. The zero-order valence-corrected chi connectivity index (χ0v) is 10.4. The maximum Gasteiger partial charge on any atom is 0.323 e. The Balaban J connectivity index is 4.33. The first-order valence-corrected chi connectivity index (χ1v) is 7.41. The van der Waals surface area contributed by atoms with E-state index in [1.54, 1.807) is 0 Å². The molecule has 0 aliphatic heterocycles. The Hall–Kier alpha value is -0.293. The van der Waals surface area contributed by atoms with Crippen LogP contribution in [0, 0.1) is 0 Å². The van der Waals surface area contributed by atoms with Crippen LogP contribution >= 0.6 is 0 Å². The molecule has 0 aliphatic carbocycles. The van der Waals surface area contributed by atoms with Crippen LogP contribution in [0.3, 0.4) is 0 Å². The molecular formula is C9H18F2O2Si. The van der Waals surface area contributed by atoms with E-state index in [1.807, 2.05) is 33.9 Å². The first-order chi connectivity index (χ1) is 6.02. The molecule has 0 atom stereocenters. The molecule has 0 aromatic heterocycles. The van der Waals surface area contributed by atoms with Crippen LogP contribution in [-0.4, -0.2) is 27.1 Å². The lowest BCUT2D eigenvalue weighted by Crippen LogP contribution is -2.44. The van der Waals surface area contributed by atoms with Crippen molar-refractivity contribution in [1.29, 1.82) is 0 Å². The van der Waals surface area contributed by atoms with E-state index in [0.29, 0.717) is 0 Å². The molecule has 0 saturated heterocycles. The number of aldehydes is 1. The van der Waals surface area contributed by atoms with Gasteiger partial charge in [-0.3, -0.25) is 4.79 Å². The van der Waals surface area contributed by atoms with Gasteiger partial charge in [-0.05, 0) is 18.1 Å². The van der Waals surface area contributed by atoms with E-state index in [9.17, 15) is 13.6 Å². The van der Waals surface area contributed by atoms with Gasteiger partial charge in [0.15, 0.2) is 14.6 Å². The molecule has 0 amide bonds. The summed E-state index contributed by atoms with van der Waals surface area (Å²) >= 11 is 0. The number of carbonyl (C=O) groups excluding carboxylic acids is 1. The number of alkyl halides is 2. The number of hydrogen-bond acceptors (Lipinski definition) is 2. The Morgan fingerprint density at radius 3 is 2.00 bits per heavy atom. The molecule has 0 aromatic carbocycles. The van der Waals surface area contributed by atoms with Crippen LogP contribution in [0.25, 0.3) is 0 Å². The van der Waals surface area contributed by atoms with Crippen LogP contribution in [0.4, 0.5) is 8.78 Å². The van der Waals surface area contributed by atoms with E-state index in [-0.39, 0.29) is 11.3 Å². The van der Waals surface area contributed by atoms with Crippen LogP contribution in [0.2, 0.25) is 18.1 Å². The SMILES string of the molecule is CC(C)(C)[Si](C)(C)OCC(F)(F)C=O. The molecular weight excluding hydrogens is 206 g/mol. The quantitative estimate of drug-likeness (QED) is 0.542. The van der Waals surface area contributed by atoms with Gasteiger partial charge in [-0.2, -0.15) is 8.78 Å². The number of rotatable bonds is 4. The van der Waals surface area contributed by atoms with Crippen molar-refractivity contribution in [2.24, 2.45) is 0 Å². The molecule has 2 nitrogen and oxygen atoms in total. The highest BCUT2D eigenvalue weighted by molar-refractivity contribution is 6.74. The molecule has 0 unspecified atom stereocenters. The van der Waals surface area contributed by atoms with E-state index >= 15 is 0 Å². The Morgan fingerprint density at radius 1 is 1.29 bits per heavy atom. The summed E-state index contributed by atoms with van der Waals surface area (Å²) in [6.45, 7) is 8.81. The molecule has 0 saturated carbocycles. The van der Waals surface area contributed by atoms with Crippen molar-refractivity contribution in [1.82, 2.24) is 0 Å². The second-order valence-electron chi connectivity index (χ2n) is 4.93. The molecule has 0 aromatic rings. The maximum atomic E-state index is 12.6. The Kier molecular flexibility index (Phi) is 3.98. The van der Waals surface area contributed by atoms with Crippen molar-refractivity contribution in [2.75, 3.05) is 6.61 Å². The molecule has 0 N–H and O–H groups in total. The topological polar surface area (TPSA) is 26.3 Å². The van der Waals surface area contributed by atoms with Crippen molar-refractivity contribution in [3.8, 4) is 0 Å². The van der Waals surface area contributed by atoms with Gasteiger partial charge in [0.05, 0.1) is 0 Å². The first kappa shape index (κ1) is 13.7. The fourth-order valence-electron chi connectivity index (χ4n) is 0.527. The monoisotopic (exact) mass is 224 g/mol. The van der Waals surface area contributed by atoms with Gasteiger partial charge in [0.1, 0.15) is 6.61 Å². The number of carbonyl (C=O) groups is 1. The molecule has 0 spiro atoms. The van der Waals surface area contributed by atoms with Gasteiger partial charge in [-0.15, -0.1) is 0 Å². The molecule has 0 heterocycles. The van der Waals surface area contributed by atoms with Crippen LogP contribution in [0.15, 0.2) is 0 Å². The zero-order chi connectivity index (χ0) is 11.6. The van der Waals surface area contributed by atoms with E-state index in [2.05, 4.69) is 0 Å². The van der Waals surface area contributed by atoms with Crippen LogP contribution < -0.4 is 0 Å². The predicted octanol–water partition coefficient (Wildman–Crippen LogP) is 2.84. The Labute approximate surface area is 84.8 Å². The fraction of sp³-hybridized carbons (Fsp3) is 0.889. The van der Waals surface area contributed by atoms with E-state index in [4.69, 9.17) is 4.43 Å². The first-order valence-electron chi connectivity index (χ1n) is 4.50. The van der Waals surface area contributed by atoms with Crippen molar-refractivity contribution < 1.29 is 18.0 Å². The smallest absolute Gasteiger partial charge is 0.323 e. The minimum Gasteiger partial charge on any atom is -0.410 e. The Bertz CT molecular complexity index is 209. The minimum absolute atomic E-state index is 0.119. The van der Waals surface area contributed by atoms with Gasteiger partial charge in [0, 0.05) is 0 Å². The van der Waals surface area contributed by atoms with Gasteiger partial charge in [0.25, 0.3) is 0 Å². The minimum atomic E-state index is -3.35. The van der Waals surface area contributed by atoms with Crippen molar-refractivity contribution in [3.63, 3.8) is 0 Å². The molecule has 0 radical (unpaired) electrons. The van der Waals surface area contributed by atoms with Crippen molar-refractivity contribution in [3.05, 3.63) is 0 Å². The molecule has 0 rings (SSSR count). The second-order valence-corrected chi connectivity index (χ2v) is 9.74. The van der Waals surface area contributed by atoms with Crippen LogP contribution in [0.5, 0.6) is 0 Å². The molecule has 5 heteroatoms. The molecule has 84 valence electrons. The third-order valence-electron chi connectivity index (χ3n) is 2.60. The van der Waals surface area contributed by atoms with Gasteiger partial charge in [-0.1, -0.05) is 20.8 Å². The third kappa shape index (κ3) is 3.83. The highest BCUT2D eigenvalue weighted by atomic mass is 28.4. The molecule has 0 bridgehead atoms. The molecule has 0 aliphatic rings. The van der Waals surface area contributed by atoms with E-state index in [0.717, 1.165) is 0 Å². The van der Waals surface area contributed by atoms with Gasteiger partial charge >= 0.3 is 5.92 Å². The second kappa shape index (κ2) is 4.06. The standard InChI is InChI=1S/C9H18F2O2Si/c1-8(2,3)14(4,5)13-7-9(10,11)6-12/h6H,7H2,1-5H3. The largest absolute Gasteiger partial charge is 0.410 e. The van der Waals surface area contributed by atoms with Gasteiger partial charge in [-0.25, -0.2) is 0 Å². The number of hydrogen-bond donors (Lipinski definition) is 0. The summed E-state index contributed by atoms with van der Waals surface area (Å²) in [6.07, 6.45) is -0.361. The van der Waals surface area contributed by atoms with E-state index in [1.165, 1.54) is 0 Å². The van der Waals surface area contributed by atoms with Crippen molar-refractivity contribution in [2.45, 2.75) is 44.8 Å². The van der Waals surface area contributed by atoms with E-state index < -0.39 is 20.8 Å². The summed E-state index contributed by atoms with van der Waals surface area (Å²) in [5.74, 6) is -3.35. The highest BCUT2D eigenvalue weighted by Gasteiger charge is 2.40. The summed E-state index contributed by atoms with van der Waals surface area (Å²) in [5, 5.41) is -0.119. The predicted molar refractivity (Wildman–Crippen MR) is 54.2 cm³/mol. The van der Waals surface area contributed by atoms with Crippen LogP contribution in [0.1, 0.15) is 20.8 Å². The zero-order valence-electron chi connectivity index (χ0n) is 9.36. The summed E-state index contributed by atoms with van der Waals surface area (Å²) in [7, 11) is -2.17. The highest BCUT2D eigenvalue weighted by Crippen LogP contribution is 2.37. The normalized spacial score (nSPS) is 14.2. The summed E-state index contributed by atoms with van der Waals surface area (Å²) in [5.41, 5.74) is 0. The molecule has 0 fully saturated rings. The van der Waals surface area contributed by atoms with Gasteiger partial charge < -0.3 is 4.43 Å². The average Bonchev–Trinajstić information content (AvgIpc) is 1.99. The van der Waals surface area contributed by atoms with Crippen molar-refractivity contribution >= 4 is 14.6 Å². The lowest BCUT2D eigenvalue weighted by Gasteiger charge is -2.36. The lowest BCUT2D eigenvalue weighted by atomic mass is 10.2. The maximum absolute atomic E-state index is 12.6. The Morgan fingerprint density at radius 2 is 1.71 bits per heavy atom. The average molecular weight is 224 g/mol. The van der Waals surface area contributed by atoms with Gasteiger partial charge in [0.2, 0.25) is 0 Å². The number of halogens is 2.